The second-order valence-electron chi connectivity index (χ2n) is 1.41. The van der Waals surface area contributed by atoms with Crippen molar-refractivity contribution in [3.05, 3.63) is 12.3 Å². The molecule has 1 aliphatic rings. The molecule has 1 heterocycles. The molecule has 0 saturated heterocycles. The largest absolute Gasteiger partial charge is 0.382 e. The molecule has 3 heteroatoms. The fourth-order valence-electron chi connectivity index (χ4n) is 0.429. The Morgan fingerprint density at radius 2 is 2.62 bits per heavy atom. The average Bonchev–Trinajstić information content (AvgIpc) is 1.94. The van der Waals surface area contributed by atoms with Gasteiger partial charge in [0.05, 0.1) is 6.54 Å². The Balaban J connectivity index is 2.58. The Hall–Kier alpha value is -1.12. The Kier molecular flexibility index (Phi) is 1.42. The number of carbonyl (C=O) groups is 1. The molecule has 0 aromatic heterocycles. The van der Waals surface area contributed by atoms with Crippen molar-refractivity contribution < 1.29 is 4.79 Å². The van der Waals surface area contributed by atoms with E-state index in [1.165, 1.54) is 6.21 Å². The van der Waals surface area contributed by atoms with Crippen LogP contribution in [0.2, 0.25) is 0 Å². The van der Waals surface area contributed by atoms with Crippen molar-refractivity contribution in [2.45, 2.75) is 0 Å². The van der Waals surface area contributed by atoms with Crippen LogP contribution in [0.15, 0.2) is 17.3 Å². The van der Waals surface area contributed by atoms with Crippen LogP contribution in [0.5, 0.6) is 0 Å². The van der Waals surface area contributed by atoms with E-state index in [-0.39, 0.29) is 5.91 Å². The summed E-state index contributed by atoms with van der Waals surface area (Å²) in [5.41, 5.74) is 0. The van der Waals surface area contributed by atoms with Gasteiger partial charge in [-0.25, -0.2) is 4.99 Å². The van der Waals surface area contributed by atoms with E-state index in [9.17, 15) is 4.79 Å². The summed E-state index contributed by atoms with van der Waals surface area (Å²) in [7, 11) is 0. The van der Waals surface area contributed by atoms with E-state index in [0.717, 1.165) is 0 Å². The van der Waals surface area contributed by atoms with E-state index >= 15 is 0 Å². The number of carbonyl (C=O) groups excluding carboxylic acids is 1. The third-order valence-corrected chi connectivity index (χ3v) is 0.772. The highest BCUT2D eigenvalue weighted by molar-refractivity contribution is 5.90. The lowest BCUT2D eigenvalue weighted by molar-refractivity contribution is -0.116. The van der Waals surface area contributed by atoms with Crippen molar-refractivity contribution in [1.29, 1.82) is 0 Å². The molecule has 1 aliphatic heterocycles. The van der Waals surface area contributed by atoms with Crippen LogP contribution >= 0.6 is 0 Å². The summed E-state index contributed by atoms with van der Waals surface area (Å²) in [6.07, 6.45) is 4.85. The summed E-state index contributed by atoms with van der Waals surface area (Å²) >= 11 is 0. The molecule has 0 bridgehead atoms. The molecule has 8 heavy (non-hydrogen) atoms. The molecule has 0 saturated carbocycles. The topological polar surface area (TPSA) is 41.5 Å². The van der Waals surface area contributed by atoms with Crippen molar-refractivity contribution in [2.24, 2.45) is 4.99 Å². The van der Waals surface area contributed by atoms with Crippen LogP contribution in [0.25, 0.3) is 0 Å². The third-order valence-electron chi connectivity index (χ3n) is 0.772. The number of nitrogens with zero attached hydrogens (tertiary/aromatic N) is 1. The van der Waals surface area contributed by atoms with Gasteiger partial charge in [-0.3, -0.25) is 4.79 Å². The van der Waals surface area contributed by atoms with Crippen LogP contribution in [0, 0.1) is 0 Å². The van der Waals surface area contributed by atoms with E-state index in [2.05, 4.69) is 10.3 Å². The standard InChI is InChI=1S/C5H6N2O/c8-5-4-6-2-1-3-7-5/h1-3,6H,4H2. The number of amides is 1. The predicted octanol–water partition coefficient (Wildman–Crippen LogP) is -0.299. The Morgan fingerprint density at radius 3 is 3.50 bits per heavy atom. The van der Waals surface area contributed by atoms with Gasteiger partial charge < -0.3 is 5.32 Å². The van der Waals surface area contributed by atoms with Crippen molar-refractivity contribution in [3.8, 4) is 0 Å². The van der Waals surface area contributed by atoms with Gasteiger partial charge >= 0.3 is 0 Å². The molecule has 0 unspecified atom stereocenters. The molecule has 0 atom stereocenters. The van der Waals surface area contributed by atoms with E-state index in [1.54, 1.807) is 12.3 Å². The molecule has 0 aliphatic carbocycles. The zero-order chi connectivity index (χ0) is 5.82. The average molecular weight is 110 g/mol. The van der Waals surface area contributed by atoms with E-state index in [0.29, 0.717) is 6.54 Å². The first-order valence-electron chi connectivity index (χ1n) is 2.35. The van der Waals surface area contributed by atoms with E-state index < -0.39 is 0 Å². The van der Waals surface area contributed by atoms with Gasteiger partial charge in [0.2, 0.25) is 0 Å². The number of nitrogens with one attached hydrogen (secondary N) is 1. The second-order valence-corrected chi connectivity index (χ2v) is 1.41. The Bertz CT molecular complexity index is 149. The van der Waals surface area contributed by atoms with Gasteiger partial charge in [0.25, 0.3) is 5.91 Å². The minimum Gasteiger partial charge on any atom is -0.382 e. The maximum Gasteiger partial charge on any atom is 0.264 e. The number of hydrogen-bond donors (Lipinski definition) is 1. The molecule has 42 valence electrons. The predicted molar refractivity (Wildman–Crippen MR) is 30.6 cm³/mol. The molecule has 0 fully saturated rings. The smallest absolute Gasteiger partial charge is 0.264 e. The normalized spacial score (nSPS) is 17.8. The summed E-state index contributed by atoms with van der Waals surface area (Å²) in [4.78, 5) is 13.9. The quantitative estimate of drug-likeness (QED) is 0.465. The van der Waals surface area contributed by atoms with E-state index in [1.807, 2.05) is 0 Å². The summed E-state index contributed by atoms with van der Waals surface area (Å²) in [6, 6.07) is 0. The van der Waals surface area contributed by atoms with Crippen LogP contribution in [0.4, 0.5) is 0 Å². The lowest BCUT2D eigenvalue weighted by Crippen LogP contribution is -2.13. The van der Waals surface area contributed by atoms with Crippen molar-refractivity contribution in [3.63, 3.8) is 0 Å². The van der Waals surface area contributed by atoms with Crippen LogP contribution in [0.1, 0.15) is 0 Å². The maximum atomic E-state index is 10.4. The van der Waals surface area contributed by atoms with Crippen LogP contribution in [-0.4, -0.2) is 18.7 Å². The SMILES string of the molecule is O=C1CNC=CC=N1. The van der Waals surface area contributed by atoms with Crippen LogP contribution in [-0.2, 0) is 4.79 Å². The van der Waals surface area contributed by atoms with Gasteiger partial charge in [0.15, 0.2) is 0 Å². The summed E-state index contributed by atoms with van der Waals surface area (Å²) in [5, 5.41) is 2.74. The highest BCUT2D eigenvalue weighted by Gasteiger charge is 1.94. The van der Waals surface area contributed by atoms with Gasteiger partial charge in [-0.05, 0) is 12.3 Å². The Labute approximate surface area is 47.1 Å². The number of aliphatic imine (C=N–C) groups is 1. The Morgan fingerprint density at radius 1 is 1.75 bits per heavy atom. The van der Waals surface area contributed by atoms with Gasteiger partial charge in [-0.15, -0.1) is 0 Å². The molecule has 3 nitrogen and oxygen atoms in total. The molecule has 0 aromatic carbocycles. The summed E-state index contributed by atoms with van der Waals surface area (Å²) in [5.74, 6) is -0.130. The van der Waals surface area contributed by atoms with Crippen molar-refractivity contribution >= 4 is 12.1 Å². The summed E-state index contributed by atoms with van der Waals surface area (Å²) < 4.78 is 0. The molecule has 0 radical (unpaired) electrons. The van der Waals surface area contributed by atoms with Crippen molar-refractivity contribution in [1.82, 2.24) is 5.32 Å². The highest BCUT2D eigenvalue weighted by atomic mass is 16.1. The molecular weight excluding hydrogens is 104 g/mol. The minimum atomic E-state index is -0.130. The maximum absolute atomic E-state index is 10.4. The number of allylic oxidation sites excluding steroid dienone is 1. The third kappa shape index (κ3) is 1.18. The number of hydrogen-bond acceptors (Lipinski definition) is 2. The monoisotopic (exact) mass is 110 g/mol. The summed E-state index contributed by atoms with van der Waals surface area (Å²) in [6.45, 7) is 0.312. The lowest BCUT2D eigenvalue weighted by atomic mass is 10.6. The lowest BCUT2D eigenvalue weighted by Gasteiger charge is -1.88. The molecule has 1 rings (SSSR count). The van der Waals surface area contributed by atoms with Gasteiger partial charge in [-0.1, -0.05) is 0 Å². The van der Waals surface area contributed by atoms with Gasteiger partial charge in [0.1, 0.15) is 0 Å². The zero-order valence-electron chi connectivity index (χ0n) is 4.29. The first kappa shape index (κ1) is 5.03. The fourth-order valence-corrected chi connectivity index (χ4v) is 0.429. The first-order valence-corrected chi connectivity index (χ1v) is 2.35. The molecule has 0 aromatic rings. The second kappa shape index (κ2) is 2.26. The van der Waals surface area contributed by atoms with E-state index in [4.69, 9.17) is 0 Å². The van der Waals surface area contributed by atoms with Crippen molar-refractivity contribution in [2.75, 3.05) is 6.54 Å². The first-order chi connectivity index (χ1) is 3.89. The number of rotatable bonds is 0. The molecule has 0 spiro atoms. The minimum absolute atomic E-state index is 0.130. The van der Waals surface area contributed by atoms with Crippen LogP contribution in [0.3, 0.4) is 0 Å². The fraction of sp³-hybridized carbons (Fsp3) is 0.200. The molecule has 1 amide bonds. The van der Waals surface area contributed by atoms with Gasteiger partial charge in [0, 0.05) is 6.21 Å². The van der Waals surface area contributed by atoms with Gasteiger partial charge in [-0.2, -0.15) is 0 Å². The highest BCUT2D eigenvalue weighted by Crippen LogP contribution is 1.76. The molecular formula is C5H6N2O. The molecule has 1 N–H and O–H groups in total. The van der Waals surface area contributed by atoms with Crippen LogP contribution < -0.4 is 5.32 Å². The zero-order valence-corrected chi connectivity index (χ0v) is 4.29.